The normalized spacial score (nSPS) is 13.1. The van der Waals surface area contributed by atoms with Crippen molar-refractivity contribution in [3.8, 4) is 0 Å². The van der Waals surface area contributed by atoms with E-state index in [0.717, 1.165) is 12.1 Å². The van der Waals surface area contributed by atoms with Crippen LogP contribution in [0.2, 0.25) is 0 Å². The molecule has 0 spiro atoms. The van der Waals surface area contributed by atoms with E-state index in [4.69, 9.17) is 0 Å². The molecule has 1 atom stereocenters. The topological polar surface area (TPSA) is 29.9 Å². The van der Waals surface area contributed by atoms with Crippen molar-refractivity contribution in [2.24, 2.45) is 13.0 Å². The monoisotopic (exact) mass is 327 g/mol. The number of anilines is 1. The summed E-state index contributed by atoms with van der Waals surface area (Å²) in [4.78, 5) is 0. The van der Waals surface area contributed by atoms with E-state index in [1.807, 2.05) is 17.9 Å². The summed E-state index contributed by atoms with van der Waals surface area (Å²) in [5, 5.41) is 8.53. The van der Waals surface area contributed by atoms with Crippen LogP contribution in [-0.2, 0) is 7.05 Å². The summed E-state index contributed by atoms with van der Waals surface area (Å²) < 4.78 is 1.89. The molecule has 0 radical (unpaired) electrons. The summed E-state index contributed by atoms with van der Waals surface area (Å²) in [6, 6.07) is 9.07. The van der Waals surface area contributed by atoms with Crippen molar-refractivity contribution in [1.82, 2.24) is 9.78 Å². The number of aromatic nitrogens is 2. The average Bonchev–Trinajstić information content (AvgIpc) is 2.92. The summed E-state index contributed by atoms with van der Waals surface area (Å²) >= 11 is 0. The molecule has 0 aliphatic carbocycles. The Bertz CT molecular complexity index is 627. The summed E-state index contributed by atoms with van der Waals surface area (Å²) in [6.45, 7) is 13.6. The molecule has 0 bridgehead atoms. The maximum atomic E-state index is 4.66. The quantitative estimate of drug-likeness (QED) is 0.689. The Balaban J connectivity index is 2.44. The molecular weight excluding hydrogens is 294 g/mol. The number of aryl methyl sites for hydroxylation is 1. The minimum atomic E-state index is 0.239. The molecule has 0 amide bonds. The number of nitrogens with one attached hydrogen (secondary N) is 1. The molecule has 2 rings (SSSR count). The molecule has 1 aromatic carbocycles. The Labute approximate surface area is 147 Å². The number of hydrogen-bond donors (Lipinski definition) is 1. The lowest BCUT2D eigenvalue weighted by Crippen LogP contribution is -2.17. The molecule has 1 aromatic heterocycles. The van der Waals surface area contributed by atoms with Gasteiger partial charge < -0.3 is 5.32 Å². The first-order chi connectivity index (χ1) is 11.3. The third-order valence-electron chi connectivity index (χ3n) is 4.49. The number of para-hydroxylation sites is 1. The van der Waals surface area contributed by atoms with E-state index < -0.39 is 0 Å². The van der Waals surface area contributed by atoms with Crippen LogP contribution < -0.4 is 5.32 Å². The van der Waals surface area contributed by atoms with Gasteiger partial charge in [-0.1, -0.05) is 59.7 Å². The fourth-order valence-corrected chi connectivity index (χ4v) is 3.24. The Kier molecular flexibility index (Phi) is 6.09. The van der Waals surface area contributed by atoms with Crippen LogP contribution >= 0.6 is 0 Å². The van der Waals surface area contributed by atoms with Gasteiger partial charge in [0.05, 0.1) is 11.7 Å². The first-order valence-corrected chi connectivity index (χ1v) is 9.18. The van der Waals surface area contributed by atoms with Gasteiger partial charge in [0.15, 0.2) is 0 Å². The van der Waals surface area contributed by atoms with Gasteiger partial charge in [0.1, 0.15) is 0 Å². The van der Waals surface area contributed by atoms with E-state index in [1.54, 1.807) is 0 Å². The minimum absolute atomic E-state index is 0.239. The Morgan fingerprint density at radius 3 is 1.96 bits per heavy atom. The van der Waals surface area contributed by atoms with Crippen LogP contribution in [0.25, 0.3) is 0 Å². The van der Waals surface area contributed by atoms with Gasteiger partial charge in [0, 0.05) is 18.9 Å². The Morgan fingerprint density at radius 2 is 1.54 bits per heavy atom. The number of hydrogen-bond acceptors (Lipinski definition) is 2. The minimum Gasteiger partial charge on any atom is -0.376 e. The van der Waals surface area contributed by atoms with E-state index in [2.05, 4.69) is 76.2 Å². The lowest BCUT2D eigenvalue weighted by Gasteiger charge is -2.26. The van der Waals surface area contributed by atoms with Gasteiger partial charge in [-0.3, -0.25) is 4.68 Å². The fraction of sp³-hybridized carbons (Fsp3) is 0.571. The maximum Gasteiger partial charge on any atom is 0.0846 e. The smallest absolute Gasteiger partial charge is 0.0846 e. The molecule has 132 valence electrons. The van der Waals surface area contributed by atoms with E-state index in [-0.39, 0.29) is 6.04 Å². The maximum absolute atomic E-state index is 4.66. The van der Waals surface area contributed by atoms with Gasteiger partial charge in [-0.15, -0.1) is 0 Å². The predicted octanol–water partition coefficient (Wildman–Crippen LogP) is 5.87. The molecule has 2 aromatic rings. The van der Waals surface area contributed by atoms with Crippen LogP contribution in [0.4, 0.5) is 5.69 Å². The fourth-order valence-electron chi connectivity index (χ4n) is 3.24. The van der Waals surface area contributed by atoms with Crippen LogP contribution in [0, 0.1) is 5.92 Å². The van der Waals surface area contributed by atoms with Crippen LogP contribution in [0.5, 0.6) is 0 Å². The van der Waals surface area contributed by atoms with Crippen molar-refractivity contribution in [3.63, 3.8) is 0 Å². The van der Waals surface area contributed by atoms with Crippen LogP contribution in [0.3, 0.4) is 0 Å². The van der Waals surface area contributed by atoms with Crippen LogP contribution in [-0.4, -0.2) is 9.78 Å². The molecule has 1 N–H and O–H groups in total. The predicted molar refractivity (Wildman–Crippen MR) is 104 cm³/mol. The molecule has 24 heavy (non-hydrogen) atoms. The molecule has 3 heteroatoms. The molecule has 0 aliphatic heterocycles. The number of benzene rings is 1. The number of nitrogens with zero attached hydrogens (tertiary/aromatic N) is 2. The SMILES string of the molecule is CC(C)CC(Nc1c(C(C)C)cccc1C(C)C)c1ccn(C)n1. The molecular formula is C21H33N3. The molecule has 3 nitrogen and oxygen atoms in total. The second-order valence-electron chi connectivity index (χ2n) is 7.86. The molecule has 0 aliphatic rings. The summed E-state index contributed by atoms with van der Waals surface area (Å²) in [5.41, 5.74) is 5.22. The van der Waals surface area contributed by atoms with Crippen LogP contribution in [0.15, 0.2) is 30.5 Å². The molecule has 1 unspecified atom stereocenters. The third-order valence-corrected chi connectivity index (χ3v) is 4.49. The van der Waals surface area contributed by atoms with Gasteiger partial charge in [0.25, 0.3) is 0 Å². The van der Waals surface area contributed by atoms with Crippen molar-refractivity contribution in [3.05, 3.63) is 47.3 Å². The van der Waals surface area contributed by atoms with Gasteiger partial charge >= 0.3 is 0 Å². The first kappa shape index (κ1) is 18.6. The highest BCUT2D eigenvalue weighted by Crippen LogP contribution is 2.36. The molecule has 0 saturated carbocycles. The highest BCUT2D eigenvalue weighted by Gasteiger charge is 2.21. The largest absolute Gasteiger partial charge is 0.376 e. The average molecular weight is 328 g/mol. The lowest BCUT2D eigenvalue weighted by atomic mass is 9.91. The zero-order valence-electron chi connectivity index (χ0n) is 16.3. The van der Waals surface area contributed by atoms with Crippen molar-refractivity contribution in [2.75, 3.05) is 5.32 Å². The summed E-state index contributed by atoms with van der Waals surface area (Å²) in [5.74, 6) is 1.60. The van der Waals surface area contributed by atoms with Gasteiger partial charge in [-0.25, -0.2) is 0 Å². The molecule has 1 heterocycles. The Morgan fingerprint density at radius 1 is 0.958 bits per heavy atom. The first-order valence-electron chi connectivity index (χ1n) is 9.18. The highest BCUT2D eigenvalue weighted by molar-refractivity contribution is 5.61. The lowest BCUT2D eigenvalue weighted by molar-refractivity contribution is 0.518. The standard InChI is InChI=1S/C21H33N3/c1-14(2)13-20(19-11-12-24(7)23-19)22-21-17(15(3)4)9-8-10-18(21)16(5)6/h8-12,14-16,20,22H,13H2,1-7H3. The van der Waals surface area contributed by atoms with Crippen molar-refractivity contribution >= 4 is 5.69 Å². The Hall–Kier alpha value is -1.77. The molecule has 0 saturated heterocycles. The zero-order valence-corrected chi connectivity index (χ0v) is 16.3. The van der Waals surface area contributed by atoms with Crippen molar-refractivity contribution in [2.45, 2.75) is 65.8 Å². The number of rotatable bonds is 7. The highest BCUT2D eigenvalue weighted by atomic mass is 15.3. The van der Waals surface area contributed by atoms with Gasteiger partial charge in [-0.2, -0.15) is 5.10 Å². The summed E-state index contributed by atoms with van der Waals surface area (Å²) in [6.07, 6.45) is 3.10. The molecule has 0 fully saturated rings. The van der Waals surface area contributed by atoms with E-state index in [9.17, 15) is 0 Å². The van der Waals surface area contributed by atoms with E-state index >= 15 is 0 Å². The van der Waals surface area contributed by atoms with E-state index in [0.29, 0.717) is 17.8 Å². The van der Waals surface area contributed by atoms with Crippen LogP contribution in [0.1, 0.15) is 82.7 Å². The summed E-state index contributed by atoms with van der Waals surface area (Å²) in [7, 11) is 1.98. The van der Waals surface area contributed by atoms with Crippen molar-refractivity contribution < 1.29 is 0 Å². The second-order valence-corrected chi connectivity index (χ2v) is 7.86. The van der Waals surface area contributed by atoms with Crippen molar-refractivity contribution in [1.29, 1.82) is 0 Å². The van der Waals surface area contributed by atoms with Gasteiger partial charge in [-0.05, 0) is 41.4 Å². The second kappa shape index (κ2) is 7.87. The zero-order chi connectivity index (χ0) is 17.9. The van der Waals surface area contributed by atoms with Gasteiger partial charge in [0.2, 0.25) is 0 Å². The third kappa shape index (κ3) is 4.40. The van der Waals surface area contributed by atoms with E-state index in [1.165, 1.54) is 16.8 Å².